The molecule has 1 saturated carbocycles. The molecule has 120 valence electrons. The lowest BCUT2D eigenvalue weighted by molar-refractivity contribution is -0.121. The van der Waals surface area contributed by atoms with E-state index in [1.54, 1.807) is 11.8 Å². The van der Waals surface area contributed by atoms with Crippen LogP contribution in [0.2, 0.25) is 0 Å². The molecule has 1 fully saturated rings. The topological polar surface area (TPSA) is 43.1 Å². The first-order chi connectivity index (χ1) is 11.2. The molecule has 1 aliphatic carbocycles. The number of primary amides is 1. The largest absolute Gasteiger partial charge is 0.368 e. The minimum absolute atomic E-state index is 0.142. The van der Waals surface area contributed by atoms with Crippen molar-refractivity contribution in [3.63, 3.8) is 0 Å². The van der Waals surface area contributed by atoms with E-state index in [1.807, 2.05) is 12.1 Å². The summed E-state index contributed by atoms with van der Waals surface area (Å²) < 4.78 is -0.436. The molecule has 0 atom stereocenters. The molecule has 2 aromatic rings. The van der Waals surface area contributed by atoms with Gasteiger partial charge in [0, 0.05) is 0 Å². The SMILES string of the molecule is NC(=O)C1(SC(c2ccccc2)c2ccccc2)CCCCC1. The van der Waals surface area contributed by atoms with Gasteiger partial charge in [-0.3, -0.25) is 4.79 Å². The summed E-state index contributed by atoms with van der Waals surface area (Å²) in [7, 11) is 0. The van der Waals surface area contributed by atoms with E-state index < -0.39 is 4.75 Å². The van der Waals surface area contributed by atoms with Gasteiger partial charge in [0.1, 0.15) is 0 Å². The number of nitrogens with two attached hydrogens (primary N) is 1. The highest BCUT2D eigenvalue weighted by Gasteiger charge is 2.41. The molecule has 0 aromatic heterocycles. The van der Waals surface area contributed by atoms with Crippen molar-refractivity contribution in [1.29, 1.82) is 0 Å². The van der Waals surface area contributed by atoms with E-state index in [0.29, 0.717) is 0 Å². The van der Waals surface area contributed by atoms with Crippen molar-refractivity contribution in [2.75, 3.05) is 0 Å². The Hall–Kier alpha value is -1.74. The summed E-state index contributed by atoms with van der Waals surface area (Å²) in [6, 6.07) is 20.9. The van der Waals surface area contributed by atoms with E-state index in [-0.39, 0.29) is 11.2 Å². The quantitative estimate of drug-likeness (QED) is 0.866. The molecule has 0 unspecified atom stereocenters. The average Bonchev–Trinajstić information content (AvgIpc) is 2.62. The van der Waals surface area contributed by atoms with Crippen molar-refractivity contribution < 1.29 is 4.79 Å². The maximum Gasteiger partial charge on any atom is 0.233 e. The summed E-state index contributed by atoms with van der Waals surface area (Å²) in [4.78, 5) is 12.3. The fourth-order valence-electron chi connectivity index (χ4n) is 3.36. The average molecular weight is 325 g/mol. The maximum atomic E-state index is 12.3. The summed E-state index contributed by atoms with van der Waals surface area (Å²) in [5.74, 6) is -0.154. The Morgan fingerprint density at radius 1 is 0.870 bits per heavy atom. The summed E-state index contributed by atoms with van der Waals surface area (Å²) >= 11 is 1.75. The zero-order valence-corrected chi connectivity index (χ0v) is 14.1. The van der Waals surface area contributed by atoms with Gasteiger partial charge in [-0.1, -0.05) is 79.9 Å². The summed E-state index contributed by atoms with van der Waals surface area (Å²) in [5, 5.41) is 0.142. The first-order valence-corrected chi connectivity index (χ1v) is 9.17. The van der Waals surface area contributed by atoms with Gasteiger partial charge >= 0.3 is 0 Å². The van der Waals surface area contributed by atoms with Crippen LogP contribution in [0.3, 0.4) is 0 Å². The van der Waals surface area contributed by atoms with Crippen LogP contribution in [0.4, 0.5) is 0 Å². The number of carbonyl (C=O) groups is 1. The van der Waals surface area contributed by atoms with Crippen LogP contribution in [0.15, 0.2) is 60.7 Å². The number of thioether (sulfide) groups is 1. The maximum absolute atomic E-state index is 12.3. The molecule has 23 heavy (non-hydrogen) atoms. The zero-order chi connectivity index (χ0) is 16.1. The monoisotopic (exact) mass is 325 g/mol. The van der Waals surface area contributed by atoms with Gasteiger partial charge in [0.15, 0.2) is 0 Å². The van der Waals surface area contributed by atoms with Crippen LogP contribution in [0, 0.1) is 0 Å². The highest BCUT2D eigenvalue weighted by Crippen LogP contribution is 2.49. The van der Waals surface area contributed by atoms with Gasteiger partial charge in [-0.05, 0) is 24.0 Å². The molecule has 0 saturated heterocycles. The number of benzene rings is 2. The fourth-order valence-corrected chi connectivity index (χ4v) is 5.03. The van der Waals surface area contributed by atoms with E-state index in [1.165, 1.54) is 17.5 Å². The highest BCUT2D eigenvalue weighted by atomic mass is 32.2. The van der Waals surface area contributed by atoms with Crippen molar-refractivity contribution in [2.24, 2.45) is 5.73 Å². The van der Waals surface area contributed by atoms with Gasteiger partial charge in [-0.25, -0.2) is 0 Å². The van der Waals surface area contributed by atoms with E-state index in [2.05, 4.69) is 48.5 Å². The van der Waals surface area contributed by atoms with Crippen molar-refractivity contribution in [1.82, 2.24) is 0 Å². The molecular formula is C20H23NOS. The molecule has 0 spiro atoms. The fraction of sp³-hybridized carbons (Fsp3) is 0.350. The molecule has 0 bridgehead atoms. The Labute approximate surface area is 142 Å². The van der Waals surface area contributed by atoms with Crippen molar-refractivity contribution >= 4 is 17.7 Å². The Morgan fingerprint density at radius 3 is 1.78 bits per heavy atom. The van der Waals surface area contributed by atoms with E-state index in [0.717, 1.165) is 25.7 Å². The summed E-state index contributed by atoms with van der Waals surface area (Å²) in [5.41, 5.74) is 8.31. The van der Waals surface area contributed by atoms with E-state index in [4.69, 9.17) is 5.73 Å². The minimum atomic E-state index is -0.436. The number of hydrogen-bond acceptors (Lipinski definition) is 2. The Kier molecular flexibility index (Phi) is 5.06. The number of amides is 1. The smallest absolute Gasteiger partial charge is 0.233 e. The second-order valence-electron chi connectivity index (χ2n) is 6.24. The normalized spacial score (nSPS) is 17.1. The standard InChI is InChI=1S/C20H23NOS/c21-19(22)20(14-8-3-9-15-20)23-18(16-10-4-1-5-11-16)17-12-6-2-7-13-17/h1-2,4-7,10-13,18H,3,8-9,14-15H2,(H2,21,22). The molecule has 0 heterocycles. The molecular weight excluding hydrogens is 302 g/mol. The van der Waals surface area contributed by atoms with Crippen molar-refractivity contribution in [3.8, 4) is 0 Å². The second-order valence-corrected chi connectivity index (χ2v) is 7.73. The van der Waals surface area contributed by atoms with Crippen LogP contribution in [-0.2, 0) is 4.79 Å². The summed E-state index contributed by atoms with van der Waals surface area (Å²) in [6.07, 6.45) is 5.17. The predicted octanol–water partition coefficient (Wildman–Crippen LogP) is 4.70. The van der Waals surface area contributed by atoms with Gasteiger partial charge in [-0.15, -0.1) is 11.8 Å². The molecule has 0 radical (unpaired) electrons. The number of carbonyl (C=O) groups excluding carboxylic acids is 1. The van der Waals surface area contributed by atoms with Gasteiger partial charge in [0.25, 0.3) is 0 Å². The molecule has 1 aliphatic rings. The predicted molar refractivity (Wildman–Crippen MR) is 97.3 cm³/mol. The lowest BCUT2D eigenvalue weighted by atomic mass is 9.88. The molecule has 1 amide bonds. The van der Waals surface area contributed by atoms with Crippen molar-refractivity contribution in [2.45, 2.75) is 42.1 Å². The molecule has 3 heteroatoms. The van der Waals surface area contributed by atoms with Crippen LogP contribution in [0.25, 0.3) is 0 Å². The Bertz CT molecular complexity index is 596. The Morgan fingerprint density at radius 2 is 1.35 bits per heavy atom. The third kappa shape index (κ3) is 3.61. The van der Waals surface area contributed by atoms with Crippen LogP contribution in [0.5, 0.6) is 0 Å². The number of hydrogen-bond donors (Lipinski definition) is 1. The first kappa shape index (κ1) is 16.1. The van der Waals surface area contributed by atoms with Gasteiger partial charge in [0.05, 0.1) is 10.00 Å². The Balaban J connectivity index is 1.97. The van der Waals surface area contributed by atoms with Gasteiger partial charge in [-0.2, -0.15) is 0 Å². The van der Waals surface area contributed by atoms with Crippen LogP contribution >= 0.6 is 11.8 Å². The van der Waals surface area contributed by atoms with Crippen LogP contribution < -0.4 is 5.73 Å². The minimum Gasteiger partial charge on any atom is -0.368 e. The lowest BCUT2D eigenvalue weighted by Gasteiger charge is -2.37. The molecule has 3 rings (SSSR count). The molecule has 2 N–H and O–H groups in total. The van der Waals surface area contributed by atoms with Gasteiger partial charge in [0.2, 0.25) is 5.91 Å². The molecule has 2 nitrogen and oxygen atoms in total. The summed E-state index contributed by atoms with van der Waals surface area (Å²) in [6.45, 7) is 0. The highest BCUT2D eigenvalue weighted by molar-refractivity contribution is 8.01. The lowest BCUT2D eigenvalue weighted by Crippen LogP contribution is -2.43. The van der Waals surface area contributed by atoms with Crippen LogP contribution in [-0.4, -0.2) is 10.7 Å². The first-order valence-electron chi connectivity index (χ1n) is 8.29. The molecule has 2 aromatic carbocycles. The number of rotatable bonds is 5. The van der Waals surface area contributed by atoms with Gasteiger partial charge < -0.3 is 5.73 Å². The van der Waals surface area contributed by atoms with Crippen LogP contribution in [0.1, 0.15) is 48.5 Å². The van der Waals surface area contributed by atoms with Crippen molar-refractivity contribution in [3.05, 3.63) is 71.8 Å². The van der Waals surface area contributed by atoms with E-state index >= 15 is 0 Å². The zero-order valence-electron chi connectivity index (χ0n) is 13.3. The van der Waals surface area contributed by atoms with E-state index in [9.17, 15) is 4.79 Å². The third-order valence-corrected chi connectivity index (χ3v) is 6.50. The molecule has 0 aliphatic heterocycles. The second kappa shape index (κ2) is 7.22. The third-order valence-electron chi connectivity index (χ3n) is 4.66.